The molecule has 90 valence electrons. The maximum atomic E-state index is 11.7. The summed E-state index contributed by atoms with van der Waals surface area (Å²) in [4.78, 5) is 0. The minimum atomic E-state index is -3.32. The second kappa shape index (κ2) is 9.10. The molecule has 0 aliphatic rings. The van der Waals surface area contributed by atoms with E-state index in [1.54, 1.807) is 13.8 Å². The highest BCUT2D eigenvalue weighted by Gasteiger charge is 2.24. The molecule has 0 fully saturated rings. The molecule has 0 amide bonds. The summed E-state index contributed by atoms with van der Waals surface area (Å²) in [5.74, 6) is 0. The predicted molar refractivity (Wildman–Crippen MR) is 60.9 cm³/mol. The predicted octanol–water partition coefficient (Wildman–Crippen LogP) is 3.54. The quantitative estimate of drug-likeness (QED) is 0.453. The molecule has 0 heterocycles. The first-order valence-electron chi connectivity index (χ1n) is 5.37. The third kappa shape index (κ3) is 7.74. The molecule has 0 aromatic rings. The summed E-state index contributed by atoms with van der Waals surface area (Å²) >= 11 is 0. The van der Waals surface area contributed by atoms with E-state index in [4.69, 9.17) is 13.6 Å². The number of unbranched alkanes of at least 4 members (excludes halogenated alkanes) is 1. The summed E-state index contributed by atoms with van der Waals surface area (Å²) in [6.45, 7) is 6.49. The van der Waals surface area contributed by atoms with Crippen molar-refractivity contribution in [3.63, 3.8) is 0 Å². The second-order valence-corrected chi connectivity index (χ2v) is 4.51. The molecular formula is C10H21O4P. The molecule has 0 aromatic heterocycles. The van der Waals surface area contributed by atoms with Crippen molar-refractivity contribution in [2.45, 2.75) is 33.6 Å². The lowest BCUT2D eigenvalue weighted by Crippen LogP contribution is -2.00. The van der Waals surface area contributed by atoms with Crippen LogP contribution in [0, 0.1) is 0 Å². The summed E-state index contributed by atoms with van der Waals surface area (Å²) in [7, 11) is -3.32. The number of allylic oxidation sites excluding steroid dienone is 1. The Balaban J connectivity index is 3.90. The van der Waals surface area contributed by atoms with E-state index >= 15 is 0 Å². The molecule has 0 aliphatic carbocycles. The fourth-order valence-corrected chi connectivity index (χ4v) is 2.04. The first-order chi connectivity index (χ1) is 7.18. The van der Waals surface area contributed by atoms with Crippen molar-refractivity contribution in [1.82, 2.24) is 0 Å². The van der Waals surface area contributed by atoms with Gasteiger partial charge in [-0.25, -0.2) is 4.57 Å². The third-order valence-electron chi connectivity index (χ3n) is 1.53. The molecule has 0 unspecified atom stereocenters. The van der Waals surface area contributed by atoms with Crippen LogP contribution in [-0.2, 0) is 18.1 Å². The van der Waals surface area contributed by atoms with Crippen molar-refractivity contribution in [2.75, 3.05) is 19.8 Å². The lowest BCUT2D eigenvalue weighted by molar-refractivity contribution is 0.131. The smallest absolute Gasteiger partial charge is 0.287 e. The van der Waals surface area contributed by atoms with E-state index in [-0.39, 0.29) is 6.61 Å². The molecule has 4 nitrogen and oxygen atoms in total. The summed E-state index contributed by atoms with van der Waals surface area (Å²) in [5.41, 5.74) is 0. The van der Waals surface area contributed by atoms with Crippen LogP contribution in [0.25, 0.3) is 0 Å². The van der Waals surface area contributed by atoms with Crippen LogP contribution >= 0.6 is 7.82 Å². The largest absolute Gasteiger partial charge is 0.475 e. The van der Waals surface area contributed by atoms with E-state index in [1.807, 2.05) is 12.2 Å². The Hall–Kier alpha value is -0.150. The number of rotatable bonds is 9. The van der Waals surface area contributed by atoms with Gasteiger partial charge in [-0.15, -0.1) is 0 Å². The highest BCUT2D eigenvalue weighted by molar-refractivity contribution is 7.48. The first-order valence-corrected chi connectivity index (χ1v) is 6.83. The molecule has 0 aliphatic heterocycles. The van der Waals surface area contributed by atoms with Crippen LogP contribution in [0.4, 0.5) is 0 Å². The van der Waals surface area contributed by atoms with Crippen LogP contribution in [0.1, 0.15) is 33.6 Å². The molecule has 0 saturated heterocycles. The maximum Gasteiger partial charge on any atom is 0.475 e. The van der Waals surface area contributed by atoms with Crippen molar-refractivity contribution in [3.05, 3.63) is 12.2 Å². The van der Waals surface area contributed by atoms with Gasteiger partial charge >= 0.3 is 7.82 Å². The van der Waals surface area contributed by atoms with Crippen molar-refractivity contribution in [2.24, 2.45) is 0 Å². The number of hydrogen-bond acceptors (Lipinski definition) is 4. The van der Waals surface area contributed by atoms with Gasteiger partial charge in [0.15, 0.2) is 0 Å². The number of phosphoric acid groups is 1. The van der Waals surface area contributed by atoms with Gasteiger partial charge in [0.25, 0.3) is 0 Å². The zero-order valence-corrected chi connectivity index (χ0v) is 10.7. The van der Waals surface area contributed by atoms with Gasteiger partial charge < -0.3 is 0 Å². The Kier molecular flexibility index (Phi) is 9.01. The van der Waals surface area contributed by atoms with Gasteiger partial charge in [0.2, 0.25) is 0 Å². The fraction of sp³-hybridized carbons (Fsp3) is 0.800. The molecule has 0 bridgehead atoms. The summed E-state index contributed by atoms with van der Waals surface area (Å²) in [6, 6.07) is 0. The van der Waals surface area contributed by atoms with Crippen LogP contribution in [0.3, 0.4) is 0 Å². The molecule has 0 aromatic carbocycles. The normalized spacial score (nSPS) is 12.5. The standard InChI is InChI=1S/C10H21O4P/c1-4-7-8-9-10-14-15(11,12-5-2)13-6-3/h8-9H,4-7,10H2,1-3H3/b9-8+. The van der Waals surface area contributed by atoms with Crippen LogP contribution in [0.15, 0.2) is 12.2 Å². The molecule has 0 rings (SSSR count). The number of hydrogen-bond donors (Lipinski definition) is 0. The van der Waals surface area contributed by atoms with Gasteiger partial charge in [-0.2, -0.15) is 0 Å². The van der Waals surface area contributed by atoms with E-state index in [1.165, 1.54) is 0 Å². The summed E-state index contributed by atoms with van der Waals surface area (Å²) < 4.78 is 26.7. The lowest BCUT2D eigenvalue weighted by Gasteiger charge is -2.14. The Labute approximate surface area is 92.2 Å². The third-order valence-corrected chi connectivity index (χ3v) is 3.14. The van der Waals surface area contributed by atoms with Gasteiger partial charge in [0, 0.05) is 0 Å². The molecule has 0 N–H and O–H groups in total. The zero-order valence-electron chi connectivity index (χ0n) is 9.77. The highest BCUT2D eigenvalue weighted by Crippen LogP contribution is 2.48. The van der Waals surface area contributed by atoms with Crippen molar-refractivity contribution >= 4 is 7.82 Å². The highest BCUT2D eigenvalue weighted by atomic mass is 31.2. The minimum absolute atomic E-state index is 0.261. The maximum absolute atomic E-state index is 11.7. The topological polar surface area (TPSA) is 44.8 Å². The zero-order chi connectivity index (χ0) is 11.6. The van der Waals surface area contributed by atoms with E-state index in [0.29, 0.717) is 13.2 Å². The Morgan fingerprint density at radius 3 is 2.07 bits per heavy atom. The molecule has 5 heteroatoms. The van der Waals surface area contributed by atoms with E-state index in [2.05, 4.69) is 6.92 Å². The van der Waals surface area contributed by atoms with Crippen LogP contribution in [0.2, 0.25) is 0 Å². The molecular weight excluding hydrogens is 215 g/mol. The Morgan fingerprint density at radius 2 is 1.60 bits per heavy atom. The van der Waals surface area contributed by atoms with Crippen LogP contribution in [-0.4, -0.2) is 19.8 Å². The van der Waals surface area contributed by atoms with Gasteiger partial charge in [-0.3, -0.25) is 13.6 Å². The monoisotopic (exact) mass is 236 g/mol. The van der Waals surface area contributed by atoms with Gasteiger partial charge in [0.1, 0.15) is 0 Å². The summed E-state index contributed by atoms with van der Waals surface area (Å²) in [5, 5.41) is 0. The van der Waals surface area contributed by atoms with Gasteiger partial charge in [0.05, 0.1) is 19.8 Å². The van der Waals surface area contributed by atoms with Crippen molar-refractivity contribution in [3.8, 4) is 0 Å². The molecule has 15 heavy (non-hydrogen) atoms. The average molecular weight is 236 g/mol. The van der Waals surface area contributed by atoms with E-state index in [9.17, 15) is 4.57 Å². The average Bonchev–Trinajstić information content (AvgIpc) is 2.18. The van der Waals surface area contributed by atoms with Gasteiger partial charge in [-0.05, 0) is 20.3 Å². The van der Waals surface area contributed by atoms with E-state index < -0.39 is 7.82 Å². The minimum Gasteiger partial charge on any atom is -0.287 e. The molecule has 0 radical (unpaired) electrons. The summed E-state index contributed by atoms with van der Waals surface area (Å²) in [6.07, 6.45) is 5.90. The van der Waals surface area contributed by atoms with Crippen molar-refractivity contribution in [1.29, 1.82) is 0 Å². The van der Waals surface area contributed by atoms with Gasteiger partial charge in [-0.1, -0.05) is 25.5 Å². The van der Waals surface area contributed by atoms with Crippen LogP contribution < -0.4 is 0 Å². The first kappa shape index (κ1) is 14.8. The Bertz CT molecular complexity index is 205. The number of phosphoric ester groups is 1. The fourth-order valence-electron chi connectivity index (χ4n) is 0.915. The molecule has 0 saturated carbocycles. The lowest BCUT2D eigenvalue weighted by atomic mass is 10.3. The Morgan fingerprint density at radius 1 is 1.00 bits per heavy atom. The molecule has 0 spiro atoms. The molecule has 0 atom stereocenters. The van der Waals surface area contributed by atoms with Crippen LogP contribution in [0.5, 0.6) is 0 Å². The SMILES string of the molecule is CCC/C=C/COP(=O)(OCC)OCC. The van der Waals surface area contributed by atoms with Crippen molar-refractivity contribution < 1.29 is 18.1 Å². The van der Waals surface area contributed by atoms with E-state index in [0.717, 1.165) is 12.8 Å². The second-order valence-electron chi connectivity index (χ2n) is 2.84.